The molecule has 0 radical (unpaired) electrons. The molecule has 26 heavy (non-hydrogen) atoms. The van der Waals surface area contributed by atoms with Gasteiger partial charge in [0.25, 0.3) is 0 Å². The van der Waals surface area contributed by atoms with Crippen molar-refractivity contribution in [3.05, 3.63) is 35.7 Å². The molecule has 2 N–H and O–H groups in total. The van der Waals surface area contributed by atoms with Crippen molar-refractivity contribution in [2.75, 3.05) is 19.9 Å². The van der Waals surface area contributed by atoms with Gasteiger partial charge in [0.2, 0.25) is 15.9 Å². The average Bonchev–Trinajstić information content (AvgIpc) is 3.03. The highest BCUT2D eigenvalue weighted by Crippen LogP contribution is 2.25. The standard InChI is InChI=1S/C17H22N4O4S/c1-11(20-26(3,23)24)17(22)21-8-7-14-15(10-21)19-16(18-14)12-5-4-6-13(9-12)25-2/h4-6,9,11,20H,7-8,10H2,1-3H3,(H,18,19)/t11-/m0/s1. The van der Waals surface area contributed by atoms with Crippen molar-refractivity contribution in [3.63, 3.8) is 0 Å². The fourth-order valence-electron chi connectivity index (χ4n) is 3.03. The molecule has 9 heteroatoms. The molecule has 1 atom stereocenters. The van der Waals surface area contributed by atoms with Crippen molar-refractivity contribution in [1.29, 1.82) is 0 Å². The number of hydrogen-bond donors (Lipinski definition) is 2. The number of fused-ring (bicyclic) bond motifs is 1. The Balaban J connectivity index is 1.77. The fourth-order valence-corrected chi connectivity index (χ4v) is 3.78. The van der Waals surface area contributed by atoms with Gasteiger partial charge in [-0.3, -0.25) is 4.79 Å². The van der Waals surface area contributed by atoms with Gasteiger partial charge in [0.1, 0.15) is 11.6 Å². The summed E-state index contributed by atoms with van der Waals surface area (Å²) in [4.78, 5) is 22.0. The average molecular weight is 378 g/mol. The SMILES string of the molecule is COc1cccc(-c2nc3c([nH]2)CN(C(=O)[C@H](C)NS(C)(=O)=O)CC3)c1. The van der Waals surface area contributed by atoms with E-state index in [1.165, 1.54) is 0 Å². The van der Waals surface area contributed by atoms with Crippen LogP contribution in [0.5, 0.6) is 5.75 Å². The number of nitrogens with one attached hydrogen (secondary N) is 2. The van der Waals surface area contributed by atoms with Gasteiger partial charge in [-0.1, -0.05) is 12.1 Å². The van der Waals surface area contributed by atoms with E-state index >= 15 is 0 Å². The molecule has 2 heterocycles. The number of carbonyl (C=O) groups is 1. The highest BCUT2D eigenvalue weighted by atomic mass is 32.2. The maximum atomic E-state index is 12.5. The van der Waals surface area contributed by atoms with Gasteiger partial charge in [-0.15, -0.1) is 0 Å². The van der Waals surface area contributed by atoms with E-state index in [1.807, 2.05) is 24.3 Å². The third-order valence-corrected chi connectivity index (χ3v) is 5.03. The zero-order chi connectivity index (χ0) is 18.9. The van der Waals surface area contributed by atoms with Crippen LogP contribution >= 0.6 is 0 Å². The highest BCUT2D eigenvalue weighted by molar-refractivity contribution is 7.88. The molecule has 0 bridgehead atoms. The molecule has 0 fully saturated rings. The lowest BCUT2D eigenvalue weighted by molar-refractivity contribution is -0.133. The van der Waals surface area contributed by atoms with Crippen LogP contribution in [0.4, 0.5) is 0 Å². The van der Waals surface area contributed by atoms with Crippen LogP contribution < -0.4 is 9.46 Å². The Morgan fingerprint density at radius 1 is 1.42 bits per heavy atom. The van der Waals surface area contributed by atoms with E-state index in [2.05, 4.69) is 14.7 Å². The van der Waals surface area contributed by atoms with Crippen molar-refractivity contribution in [2.24, 2.45) is 0 Å². The second kappa shape index (κ2) is 7.08. The van der Waals surface area contributed by atoms with E-state index in [0.717, 1.165) is 34.8 Å². The Morgan fingerprint density at radius 3 is 2.88 bits per heavy atom. The fraction of sp³-hybridized carbons (Fsp3) is 0.412. The number of H-pyrrole nitrogens is 1. The lowest BCUT2D eigenvalue weighted by Crippen LogP contribution is -2.48. The van der Waals surface area contributed by atoms with E-state index < -0.39 is 16.1 Å². The van der Waals surface area contributed by atoms with Gasteiger partial charge in [-0.25, -0.2) is 18.1 Å². The number of carbonyl (C=O) groups excluding carboxylic acids is 1. The number of aromatic amines is 1. The summed E-state index contributed by atoms with van der Waals surface area (Å²) in [6, 6.07) is 6.79. The van der Waals surface area contributed by atoms with E-state index in [0.29, 0.717) is 19.5 Å². The molecule has 0 saturated carbocycles. The molecule has 2 aromatic rings. The number of nitrogens with zero attached hydrogens (tertiary/aromatic N) is 2. The first kappa shape index (κ1) is 18.4. The van der Waals surface area contributed by atoms with Gasteiger partial charge < -0.3 is 14.6 Å². The van der Waals surface area contributed by atoms with Gasteiger partial charge >= 0.3 is 0 Å². The van der Waals surface area contributed by atoms with Crippen LogP contribution in [0.2, 0.25) is 0 Å². The number of rotatable bonds is 5. The first-order chi connectivity index (χ1) is 12.3. The maximum Gasteiger partial charge on any atom is 0.240 e. The molecule has 3 rings (SSSR count). The number of methoxy groups -OCH3 is 1. The molecule has 1 amide bonds. The summed E-state index contributed by atoms with van der Waals surface area (Å²) in [7, 11) is -1.82. The number of imidazole rings is 1. The molecule has 1 aliphatic heterocycles. The molecular formula is C17H22N4O4S. The van der Waals surface area contributed by atoms with Crippen molar-refractivity contribution in [2.45, 2.75) is 25.9 Å². The van der Waals surface area contributed by atoms with Gasteiger partial charge in [0, 0.05) is 18.5 Å². The molecule has 8 nitrogen and oxygen atoms in total. The largest absolute Gasteiger partial charge is 0.497 e. The van der Waals surface area contributed by atoms with Crippen LogP contribution in [-0.2, 0) is 27.8 Å². The van der Waals surface area contributed by atoms with Gasteiger partial charge in [-0.2, -0.15) is 0 Å². The summed E-state index contributed by atoms with van der Waals surface area (Å²) in [5, 5.41) is 0. The van der Waals surface area contributed by atoms with E-state index in [9.17, 15) is 13.2 Å². The molecule has 0 saturated heterocycles. The van der Waals surface area contributed by atoms with Crippen molar-refractivity contribution >= 4 is 15.9 Å². The molecule has 1 aromatic heterocycles. The number of benzene rings is 1. The predicted octanol–water partition coefficient (Wildman–Crippen LogP) is 0.908. The lowest BCUT2D eigenvalue weighted by Gasteiger charge is -2.28. The quantitative estimate of drug-likeness (QED) is 0.805. The predicted molar refractivity (Wildman–Crippen MR) is 97.1 cm³/mol. The number of amides is 1. The number of ether oxygens (including phenoxy) is 1. The van der Waals surface area contributed by atoms with Crippen molar-refractivity contribution < 1.29 is 17.9 Å². The van der Waals surface area contributed by atoms with Crippen LogP contribution in [0, 0.1) is 0 Å². The molecule has 1 aliphatic rings. The summed E-state index contributed by atoms with van der Waals surface area (Å²) < 4.78 is 30.2. The molecular weight excluding hydrogens is 356 g/mol. The minimum absolute atomic E-state index is 0.251. The second-order valence-corrected chi connectivity index (χ2v) is 8.14. The van der Waals surface area contributed by atoms with E-state index in [1.54, 1.807) is 18.9 Å². The van der Waals surface area contributed by atoms with Crippen LogP contribution in [0.1, 0.15) is 18.3 Å². The Morgan fingerprint density at radius 2 is 2.19 bits per heavy atom. The van der Waals surface area contributed by atoms with E-state index in [-0.39, 0.29) is 5.91 Å². The topological polar surface area (TPSA) is 104 Å². The van der Waals surface area contributed by atoms with Crippen LogP contribution in [0.3, 0.4) is 0 Å². The summed E-state index contributed by atoms with van der Waals surface area (Å²) in [6.45, 7) is 2.43. The first-order valence-electron chi connectivity index (χ1n) is 8.25. The Kier molecular flexibility index (Phi) is 5.01. The minimum Gasteiger partial charge on any atom is -0.497 e. The van der Waals surface area contributed by atoms with Gasteiger partial charge in [-0.05, 0) is 19.1 Å². The van der Waals surface area contributed by atoms with E-state index in [4.69, 9.17) is 4.74 Å². The molecule has 0 unspecified atom stereocenters. The number of aromatic nitrogens is 2. The van der Waals surface area contributed by atoms with Crippen molar-refractivity contribution in [3.8, 4) is 17.1 Å². The van der Waals surface area contributed by atoms with Gasteiger partial charge in [0.15, 0.2) is 0 Å². The zero-order valence-corrected chi connectivity index (χ0v) is 15.8. The van der Waals surface area contributed by atoms with Crippen LogP contribution in [-0.4, -0.2) is 55.1 Å². The Hall–Kier alpha value is -2.39. The van der Waals surface area contributed by atoms with Crippen LogP contribution in [0.25, 0.3) is 11.4 Å². The third kappa shape index (κ3) is 4.05. The lowest BCUT2D eigenvalue weighted by atomic mass is 10.1. The highest BCUT2D eigenvalue weighted by Gasteiger charge is 2.28. The molecule has 0 spiro atoms. The maximum absolute atomic E-state index is 12.5. The zero-order valence-electron chi connectivity index (χ0n) is 14.9. The molecule has 0 aliphatic carbocycles. The monoisotopic (exact) mass is 378 g/mol. The van der Waals surface area contributed by atoms with Gasteiger partial charge in [0.05, 0.1) is 37.3 Å². The Bertz CT molecular complexity index is 923. The minimum atomic E-state index is -3.44. The van der Waals surface area contributed by atoms with Crippen LogP contribution in [0.15, 0.2) is 24.3 Å². The first-order valence-corrected chi connectivity index (χ1v) is 10.1. The summed E-state index contributed by atoms with van der Waals surface area (Å²) in [5.74, 6) is 1.22. The van der Waals surface area contributed by atoms with Crippen molar-refractivity contribution in [1.82, 2.24) is 19.6 Å². The number of sulfonamides is 1. The summed E-state index contributed by atoms with van der Waals surface area (Å²) in [6.07, 6.45) is 1.66. The molecule has 140 valence electrons. The second-order valence-electron chi connectivity index (χ2n) is 6.36. The summed E-state index contributed by atoms with van der Waals surface area (Å²) >= 11 is 0. The number of hydrogen-bond acceptors (Lipinski definition) is 5. The smallest absolute Gasteiger partial charge is 0.240 e. The normalized spacial score (nSPS) is 15.4. The Labute approximate surface area is 152 Å². The summed E-state index contributed by atoms with van der Waals surface area (Å²) in [5.41, 5.74) is 2.70. The third-order valence-electron chi connectivity index (χ3n) is 4.25. The molecule has 1 aromatic carbocycles.